The molecule has 1 aromatic carbocycles. The highest BCUT2D eigenvalue weighted by atomic mass is 16.1. The van der Waals surface area contributed by atoms with E-state index >= 15 is 0 Å². The first-order chi connectivity index (χ1) is 7.36. The molecule has 1 aromatic heterocycles. The molecule has 0 aliphatic heterocycles. The fraction of sp³-hybridized carbons (Fsp3) is 0.100. The number of aromatic nitrogens is 3. The van der Waals surface area contributed by atoms with Crippen molar-refractivity contribution in [2.45, 2.75) is 6.54 Å². The zero-order chi connectivity index (χ0) is 10.5. The van der Waals surface area contributed by atoms with Crippen molar-refractivity contribution in [2.24, 2.45) is 0 Å². The second-order valence-corrected chi connectivity index (χ2v) is 2.98. The summed E-state index contributed by atoms with van der Waals surface area (Å²) in [6.07, 6.45) is 1.41. The highest BCUT2D eigenvalue weighted by Gasteiger charge is 2.04. The van der Waals surface area contributed by atoms with E-state index in [0.29, 0.717) is 17.9 Å². The molecule has 2 aromatic rings. The summed E-state index contributed by atoms with van der Waals surface area (Å²) in [5, 5.41) is 9.08. The van der Waals surface area contributed by atoms with Gasteiger partial charge in [0.1, 0.15) is 12.2 Å². The summed E-state index contributed by atoms with van der Waals surface area (Å²) in [6.45, 7) is 0.355. The van der Waals surface area contributed by atoms with Crippen LogP contribution in [0.5, 0.6) is 0 Å². The maximum atomic E-state index is 11.6. The van der Waals surface area contributed by atoms with Crippen LogP contribution < -0.4 is 5.32 Å². The summed E-state index contributed by atoms with van der Waals surface area (Å²) in [4.78, 5) is 15.5. The molecular formula is C10H10N4O. The smallest absolute Gasteiger partial charge is 0.251 e. The first-order valence-electron chi connectivity index (χ1n) is 4.54. The lowest BCUT2D eigenvalue weighted by atomic mass is 10.2. The number of H-pyrrole nitrogens is 1. The Morgan fingerprint density at radius 1 is 1.33 bits per heavy atom. The summed E-state index contributed by atoms with van der Waals surface area (Å²) in [6, 6.07) is 9.03. The number of amides is 1. The number of nitrogens with one attached hydrogen (secondary N) is 2. The van der Waals surface area contributed by atoms with Gasteiger partial charge in [0.2, 0.25) is 0 Å². The minimum Gasteiger partial charge on any atom is -0.345 e. The van der Waals surface area contributed by atoms with Gasteiger partial charge in [0.15, 0.2) is 0 Å². The zero-order valence-corrected chi connectivity index (χ0v) is 7.97. The Kier molecular flexibility index (Phi) is 2.73. The van der Waals surface area contributed by atoms with Crippen molar-refractivity contribution in [2.75, 3.05) is 0 Å². The van der Waals surface area contributed by atoms with Gasteiger partial charge in [-0.15, -0.1) is 0 Å². The number of hydrogen-bond donors (Lipinski definition) is 2. The topological polar surface area (TPSA) is 70.7 Å². The molecule has 0 saturated heterocycles. The molecule has 0 aliphatic carbocycles. The van der Waals surface area contributed by atoms with Crippen LogP contribution in [-0.4, -0.2) is 21.1 Å². The zero-order valence-electron chi connectivity index (χ0n) is 7.97. The van der Waals surface area contributed by atoms with E-state index in [2.05, 4.69) is 20.5 Å². The van der Waals surface area contributed by atoms with Crippen LogP contribution in [0.25, 0.3) is 0 Å². The summed E-state index contributed by atoms with van der Waals surface area (Å²) in [7, 11) is 0. The maximum absolute atomic E-state index is 11.6. The van der Waals surface area contributed by atoms with Crippen molar-refractivity contribution >= 4 is 5.91 Å². The predicted molar refractivity (Wildman–Crippen MR) is 54.0 cm³/mol. The fourth-order valence-corrected chi connectivity index (χ4v) is 1.17. The lowest BCUT2D eigenvalue weighted by molar-refractivity contribution is 0.0950. The largest absolute Gasteiger partial charge is 0.345 e. The predicted octanol–water partition coefficient (Wildman–Crippen LogP) is 0.735. The Balaban J connectivity index is 1.94. The van der Waals surface area contributed by atoms with E-state index in [0.717, 1.165) is 0 Å². The van der Waals surface area contributed by atoms with E-state index in [4.69, 9.17) is 0 Å². The summed E-state index contributed by atoms with van der Waals surface area (Å²) in [5.74, 6) is 0.520. The quantitative estimate of drug-likeness (QED) is 0.771. The molecule has 0 radical (unpaired) electrons. The molecule has 1 amide bonds. The van der Waals surface area contributed by atoms with Gasteiger partial charge in [0.25, 0.3) is 5.91 Å². The molecule has 0 fully saturated rings. The summed E-state index contributed by atoms with van der Waals surface area (Å²) < 4.78 is 0. The van der Waals surface area contributed by atoms with E-state index in [-0.39, 0.29) is 5.91 Å². The van der Waals surface area contributed by atoms with Crippen LogP contribution in [0.1, 0.15) is 16.2 Å². The van der Waals surface area contributed by atoms with Crippen molar-refractivity contribution in [3.63, 3.8) is 0 Å². The van der Waals surface area contributed by atoms with Gasteiger partial charge in [0, 0.05) is 5.56 Å². The Bertz CT molecular complexity index is 424. The first kappa shape index (κ1) is 9.39. The van der Waals surface area contributed by atoms with Crippen LogP contribution >= 0.6 is 0 Å². The third kappa shape index (κ3) is 2.40. The highest BCUT2D eigenvalue weighted by Crippen LogP contribution is 1.98. The Hall–Kier alpha value is -2.17. The average Bonchev–Trinajstić information content (AvgIpc) is 2.80. The molecule has 0 saturated carbocycles. The number of benzene rings is 1. The lowest BCUT2D eigenvalue weighted by Crippen LogP contribution is -2.23. The van der Waals surface area contributed by atoms with Crippen LogP contribution in [0.15, 0.2) is 36.7 Å². The van der Waals surface area contributed by atoms with Gasteiger partial charge in [-0.05, 0) is 12.1 Å². The third-order valence-electron chi connectivity index (χ3n) is 1.92. The Morgan fingerprint density at radius 2 is 2.13 bits per heavy atom. The van der Waals surface area contributed by atoms with Gasteiger partial charge in [-0.1, -0.05) is 18.2 Å². The standard InChI is InChI=1S/C10H10N4O/c15-10(8-4-2-1-3-5-8)11-6-9-12-7-13-14-9/h1-5,7H,6H2,(H,11,15)(H,12,13,14). The molecule has 0 bridgehead atoms. The van der Waals surface area contributed by atoms with Crippen LogP contribution in [-0.2, 0) is 6.54 Å². The van der Waals surface area contributed by atoms with E-state index < -0.39 is 0 Å². The van der Waals surface area contributed by atoms with Crippen LogP contribution in [0.4, 0.5) is 0 Å². The van der Waals surface area contributed by atoms with Crippen molar-refractivity contribution in [3.8, 4) is 0 Å². The van der Waals surface area contributed by atoms with Crippen molar-refractivity contribution in [1.82, 2.24) is 20.5 Å². The first-order valence-corrected chi connectivity index (χ1v) is 4.54. The second-order valence-electron chi connectivity index (χ2n) is 2.98. The van der Waals surface area contributed by atoms with Gasteiger partial charge in [-0.3, -0.25) is 9.89 Å². The SMILES string of the molecule is O=C(NCc1ncn[nH]1)c1ccccc1. The minimum atomic E-state index is -0.119. The number of carbonyl (C=O) groups excluding carboxylic acids is 1. The van der Waals surface area contributed by atoms with E-state index in [9.17, 15) is 4.79 Å². The normalized spacial score (nSPS) is 9.87. The third-order valence-corrected chi connectivity index (χ3v) is 1.92. The summed E-state index contributed by atoms with van der Waals surface area (Å²) >= 11 is 0. The molecule has 2 N–H and O–H groups in total. The minimum absolute atomic E-state index is 0.119. The molecule has 5 heteroatoms. The average molecular weight is 202 g/mol. The van der Waals surface area contributed by atoms with Crippen LogP contribution in [0.2, 0.25) is 0 Å². The summed E-state index contributed by atoms with van der Waals surface area (Å²) in [5.41, 5.74) is 0.636. The van der Waals surface area contributed by atoms with E-state index in [1.54, 1.807) is 12.1 Å². The molecule has 76 valence electrons. The second kappa shape index (κ2) is 4.36. The monoisotopic (exact) mass is 202 g/mol. The van der Waals surface area contributed by atoms with Crippen LogP contribution in [0.3, 0.4) is 0 Å². The van der Waals surface area contributed by atoms with Gasteiger partial charge in [-0.2, -0.15) is 5.10 Å². The molecule has 0 atom stereocenters. The molecule has 1 heterocycles. The fourth-order valence-electron chi connectivity index (χ4n) is 1.17. The molecule has 0 aliphatic rings. The van der Waals surface area contributed by atoms with E-state index in [1.807, 2.05) is 18.2 Å². The maximum Gasteiger partial charge on any atom is 0.251 e. The Morgan fingerprint density at radius 3 is 2.80 bits per heavy atom. The molecule has 0 unspecified atom stereocenters. The number of nitrogens with zero attached hydrogens (tertiary/aromatic N) is 2. The van der Waals surface area contributed by atoms with Gasteiger partial charge in [-0.25, -0.2) is 4.98 Å². The molecular weight excluding hydrogens is 192 g/mol. The number of aromatic amines is 1. The lowest BCUT2D eigenvalue weighted by Gasteiger charge is -2.01. The molecule has 15 heavy (non-hydrogen) atoms. The molecule has 2 rings (SSSR count). The number of carbonyl (C=O) groups is 1. The van der Waals surface area contributed by atoms with Gasteiger partial charge < -0.3 is 5.32 Å². The number of hydrogen-bond acceptors (Lipinski definition) is 3. The van der Waals surface area contributed by atoms with Crippen molar-refractivity contribution in [3.05, 3.63) is 48.0 Å². The molecule has 5 nitrogen and oxygen atoms in total. The number of rotatable bonds is 3. The van der Waals surface area contributed by atoms with Crippen molar-refractivity contribution < 1.29 is 4.79 Å². The van der Waals surface area contributed by atoms with Gasteiger partial charge in [0.05, 0.1) is 6.54 Å². The van der Waals surface area contributed by atoms with Crippen LogP contribution in [0, 0.1) is 0 Å². The highest BCUT2D eigenvalue weighted by molar-refractivity contribution is 5.93. The van der Waals surface area contributed by atoms with E-state index in [1.165, 1.54) is 6.33 Å². The van der Waals surface area contributed by atoms with Crippen molar-refractivity contribution in [1.29, 1.82) is 0 Å². The van der Waals surface area contributed by atoms with Gasteiger partial charge >= 0.3 is 0 Å². The Labute approximate surface area is 86.5 Å². The molecule has 0 spiro atoms.